The highest BCUT2D eigenvalue weighted by atomic mass is 16.6. The van der Waals surface area contributed by atoms with E-state index in [4.69, 9.17) is 9.47 Å². The molecule has 0 atom stereocenters. The van der Waals surface area contributed by atoms with E-state index in [1.807, 2.05) is 32.0 Å². The molecular formula is C20H24N6O5. The topological polar surface area (TPSA) is 126 Å². The lowest BCUT2D eigenvalue weighted by molar-refractivity contribution is -0.389. The van der Waals surface area contributed by atoms with E-state index >= 15 is 0 Å². The molecule has 11 heteroatoms. The van der Waals surface area contributed by atoms with Crippen molar-refractivity contribution in [2.75, 3.05) is 18.5 Å². The number of ether oxygens (including phenoxy) is 2. The van der Waals surface area contributed by atoms with Gasteiger partial charge in [0.1, 0.15) is 6.54 Å². The van der Waals surface area contributed by atoms with Crippen molar-refractivity contribution >= 4 is 17.4 Å². The third kappa shape index (κ3) is 5.59. The number of hydrogen-bond acceptors (Lipinski definition) is 7. The zero-order valence-corrected chi connectivity index (χ0v) is 17.6. The Labute approximate surface area is 178 Å². The Kier molecular flexibility index (Phi) is 6.85. The normalized spacial score (nSPS) is 10.7. The van der Waals surface area contributed by atoms with Gasteiger partial charge in [-0.25, -0.2) is 0 Å². The Balaban J connectivity index is 1.63. The summed E-state index contributed by atoms with van der Waals surface area (Å²) in [6.07, 6.45) is 3.24. The SMILES string of the molecule is CCOc1ccc(Cn2cc(NC(=O)Cn3nc([N+](=O)[O-])cc3C)cn2)cc1OCC. The predicted octanol–water partition coefficient (Wildman–Crippen LogP) is 2.78. The van der Waals surface area contributed by atoms with Crippen LogP contribution in [0.2, 0.25) is 0 Å². The molecule has 0 aliphatic carbocycles. The van der Waals surface area contributed by atoms with Crippen LogP contribution >= 0.6 is 0 Å². The van der Waals surface area contributed by atoms with Crippen molar-refractivity contribution in [2.45, 2.75) is 33.9 Å². The molecule has 0 aliphatic heterocycles. The highest BCUT2D eigenvalue weighted by Crippen LogP contribution is 2.29. The van der Waals surface area contributed by atoms with E-state index in [9.17, 15) is 14.9 Å². The first-order chi connectivity index (χ1) is 14.9. The van der Waals surface area contributed by atoms with Gasteiger partial charge >= 0.3 is 5.82 Å². The standard InChI is InChI=1S/C20H24N6O5/c1-4-30-17-7-6-15(9-18(17)31-5-2)11-24-12-16(10-21-24)22-20(27)13-25-14(3)8-19(23-25)26(28)29/h6-10,12H,4-5,11,13H2,1-3H3,(H,22,27). The van der Waals surface area contributed by atoms with Gasteiger partial charge in [0.2, 0.25) is 5.91 Å². The van der Waals surface area contributed by atoms with Crippen LogP contribution in [-0.2, 0) is 17.9 Å². The van der Waals surface area contributed by atoms with Crippen molar-refractivity contribution in [2.24, 2.45) is 0 Å². The molecule has 0 spiro atoms. The van der Waals surface area contributed by atoms with Crippen molar-refractivity contribution in [3.8, 4) is 11.5 Å². The fraction of sp³-hybridized carbons (Fsp3) is 0.350. The van der Waals surface area contributed by atoms with Gasteiger partial charge in [0.05, 0.1) is 48.5 Å². The molecule has 31 heavy (non-hydrogen) atoms. The highest BCUT2D eigenvalue weighted by Gasteiger charge is 2.18. The molecule has 11 nitrogen and oxygen atoms in total. The van der Waals surface area contributed by atoms with Gasteiger partial charge in [-0.3, -0.25) is 9.48 Å². The van der Waals surface area contributed by atoms with Gasteiger partial charge in [-0.05, 0) is 43.4 Å². The first-order valence-corrected chi connectivity index (χ1v) is 9.79. The second kappa shape index (κ2) is 9.74. The smallest absolute Gasteiger partial charge is 0.390 e. The van der Waals surface area contributed by atoms with Crippen LogP contribution in [0.25, 0.3) is 0 Å². The molecule has 1 N–H and O–H groups in total. The first-order valence-electron chi connectivity index (χ1n) is 9.79. The number of carbonyl (C=O) groups is 1. The third-order valence-electron chi connectivity index (χ3n) is 4.32. The monoisotopic (exact) mass is 428 g/mol. The van der Waals surface area contributed by atoms with Crippen LogP contribution in [-0.4, -0.2) is 43.6 Å². The molecular weight excluding hydrogens is 404 g/mol. The quantitative estimate of drug-likeness (QED) is 0.389. The second-order valence-corrected chi connectivity index (χ2v) is 6.68. The molecule has 164 valence electrons. The molecule has 3 rings (SSSR count). The number of aryl methyl sites for hydroxylation is 1. The molecule has 3 aromatic rings. The van der Waals surface area contributed by atoms with E-state index in [2.05, 4.69) is 15.5 Å². The van der Waals surface area contributed by atoms with Crippen LogP contribution in [0.15, 0.2) is 36.7 Å². The molecule has 0 saturated heterocycles. The van der Waals surface area contributed by atoms with Gasteiger partial charge < -0.3 is 24.9 Å². The fourth-order valence-electron chi connectivity index (χ4n) is 2.97. The molecule has 0 fully saturated rings. The summed E-state index contributed by atoms with van der Waals surface area (Å²) in [4.78, 5) is 22.5. The van der Waals surface area contributed by atoms with Crippen molar-refractivity contribution < 1.29 is 19.2 Å². The average molecular weight is 428 g/mol. The maximum absolute atomic E-state index is 12.3. The second-order valence-electron chi connectivity index (χ2n) is 6.68. The van der Waals surface area contributed by atoms with Crippen molar-refractivity contribution in [3.63, 3.8) is 0 Å². The molecule has 1 aromatic carbocycles. The molecule has 0 aliphatic rings. The number of anilines is 1. The lowest BCUT2D eigenvalue weighted by Crippen LogP contribution is -2.20. The maximum atomic E-state index is 12.3. The predicted molar refractivity (Wildman–Crippen MR) is 112 cm³/mol. The molecule has 1 amide bonds. The van der Waals surface area contributed by atoms with Crippen LogP contribution < -0.4 is 14.8 Å². The number of benzene rings is 1. The molecule has 0 bridgehead atoms. The number of aromatic nitrogens is 4. The minimum atomic E-state index is -0.594. The zero-order valence-electron chi connectivity index (χ0n) is 17.6. The van der Waals surface area contributed by atoms with Gasteiger partial charge in [-0.15, -0.1) is 0 Å². The van der Waals surface area contributed by atoms with Crippen molar-refractivity contribution in [1.29, 1.82) is 0 Å². The molecule has 0 radical (unpaired) electrons. The van der Waals surface area contributed by atoms with Crippen LogP contribution in [0.1, 0.15) is 25.1 Å². The van der Waals surface area contributed by atoms with Crippen LogP contribution in [0.4, 0.5) is 11.5 Å². The number of nitro groups is 1. The van der Waals surface area contributed by atoms with Gasteiger partial charge in [0.15, 0.2) is 11.5 Å². The van der Waals surface area contributed by atoms with Crippen molar-refractivity contribution in [3.05, 3.63) is 58.0 Å². The Morgan fingerprint density at radius 2 is 1.94 bits per heavy atom. The highest BCUT2D eigenvalue weighted by molar-refractivity contribution is 5.90. The minimum absolute atomic E-state index is 0.137. The van der Waals surface area contributed by atoms with Crippen LogP contribution in [0.3, 0.4) is 0 Å². The van der Waals surface area contributed by atoms with Gasteiger partial charge in [-0.2, -0.15) is 9.78 Å². The van der Waals surface area contributed by atoms with Crippen molar-refractivity contribution in [1.82, 2.24) is 19.6 Å². The Hall–Kier alpha value is -3.89. The molecule has 0 unspecified atom stereocenters. The van der Waals surface area contributed by atoms with Gasteiger partial charge in [0, 0.05) is 6.20 Å². The number of hydrogen-bond donors (Lipinski definition) is 1. The largest absolute Gasteiger partial charge is 0.490 e. The number of nitrogens with one attached hydrogen (secondary N) is 1. The fourth-order valence-corrected chi connectivity index (χ4v) is 2.97. The lowest BCUT2D eigenvalue weighted by atomic mass is 10.2. The van der Waals surface area contributed by atoms with Crippen LogP contribution in [0.5, 0.6) is 11.5 Å². The van der Waals surface area contributed by atoms with Gasteiger partial charge in [-0.1, -0.05) is 6.07 Å². The van der Waals surface area contributed by atoms with E-state index in [0.29, 0.717) is 42.6 Å². The molecule has 2 heterocycles. The minimum Gasteiger partial charge on any atom is -0.490 e. The Morgan fingerprint density at radius 3 is 2.61 bits per heavy atom. The number of nitrogens with zero attached hydrogens (tertiary/aromatic N) is 5. The average Bonchev–Trinajstić information content (AvgIpc) is 3.30. The summed E-state index contributed by atoms with van der Waals surface area (Å²) in [7, 11) is 0. The number of carbonyl (C=O) groups excluding carboxylic acids is 1. The Bertz CT molecular complexity index is 1070. The zero-order chi connectivity index (χ0) is 22.4. The molecule has 0 saturated carbocycles. The van der Waals surface area contributed by atoms with E-state index in [1.165, 1.54) is 16.9 Å². The van der Waals surface area contributed by atoms with E-state index in [-0.39, 0.29) is 18.3 Å². The molecule has 2 aromatic heterocycles. The van der Waals surface area contributed by atoms with E-state index < -0.39 is 4.92 Å². The Morgan fingerprint density at radius 1 is 1.19 bits per heavy atom. The van der Waals surface area contributed by atoms with E-state index in [0.717, 1.165) is 5.56 Å². The summed E-state index contributed by atoms with van der Waals surface area (Å²) < 4.78 is 14.2. The maximum Gasteiger partial charge on any atom is 0.390 e. The van der Waals surface area contributed by atoms with E-state index in [1.54, 1.807) is 17.8 Å². The summed E-state index contributed by atoms with van der Waals surface area (Å²) in [6.45, 7) is 6.90. The first kappa shape index (κ1) is 21.8. The third-order valence-corrected chi connectivity index (χ3v) is 4.32. The summed E-state index contributed by atoms with van der Waals surface area (Å²) in [6, 6.07) is 7.02. The van der Waals surface area contributed by atoms with Gasteiger partial charge in [0.25, 0.3) is 0 Å². The summed E-state index contributed by atoms with van der Waals surface area (Å²) >= 11 is 0. The summed E-state index contributed by atoms with van der Waals surface area (Å²) in [5.74, 6) is 0.710. The lowest BCUT2D eigenvalue weighted by Gasteiger charge is -2.12. The summed E-state index contributed by atoms with van der Waals surface area (Å²) in [5, 5.41) is 21.6. The summed E-state index contributed by atoms with van der Waals surface area (Å²) in [5.41, 5.74) is 2.01. The number of rotatable bonds is 10. The number of amides is 1. The van der Waals surface area contributed by atoms with Crippen LogP contribution in [0, 0.1) is 17.0 Å².